The van der Waals surface area contributed by atoms with Crippen molar-refractivity contribution in [2.45, 2.75) is 13.3 Å². The number of halogens is 2. The largest absolute Gasteiger partial charge is 0.366 e. The van der Waals surface area contributed by atoms with E-state index in [-0.39, 0.29) is 0 Å². The fraction of sp³-hybridized carbons (Fsp3) is 0.133. The first-order chi connectivity index (χ1) is 8.97. The van der Waals surface area contributed by atoms with Crippen molar-refractivity contribution in [1.29, 1.82) is 0 Å². The van der Waals surface area contributed by atoms with Crippen molar-refractivity contribution in [3.05, 3.63) is 70.3 Å². The van der Waals surface area contributed by atoms with Crippen molar-refractivity contribution in [3.8, 4) is 0 Å². The lowest BCUT2D eigenvalue weighted by atomic mass is 9.96. The van der Waals surface area contributed by atoms with Crippen LogP contribution in [-0.4, -0.2) is 5.91 Å². The van der Waals surface area contributed by atoms with Crippen molar-refractivity contribution in [2.24, 2.45) is 5.73 Å². The van der Waals surface area contributed by atoms with Crippen LogP contribution in [-0.2, 0) is 6.42 Å². The Balaban J connectivity index is 2.38. The maximum Gasteiger partial charge on any atom is 0.248 e. The Labute approximate surface area is 109 Å². The molecular weight excluding hydrogens is 248 g/mol. The highest BCUT2D eigenvalue weighted by Crippen LogP contribution is 2.18. The third-order valence-corrected chi connectivity index (χ3v) is 3.03. The van der Waals surface area contributed by atoms with Gasteiger partial charge >= 0.3 is 0 Å². The van der Waals surface area contributed by atoms with Gasteiger partial charge in [0.1, 0.15) is 11.6 Å². The van der Waals surface area contributed by atoms with Crippen LogP contribution in [0, 0.1) is 18.6 Å². The monoisotopic (exact) mass is 261 g/mol. The van der Waals surface area contributed by atoms with Crippen LogP contribution < -0.4 is 5.73 Å². The molecule has 0 aliphatic carbocycles. The molecule has 0 fully saturated rings. The molecule has 0 saturated carbocycles. The second kappa shape index (κ2) is 5.18. The molecule has 2 N–H and O–H groups in total. The Bertz CT molecular complexity index is 618. The summed E-state index contributed by atoms with van der Waals surface area (Å²) in [5.41, 5.74) is 7.76. The third-order valence-electron chi connectivity index (χ3n) is 3.03. The fourth-order valence-corrected chi connectivity index (χ4v) is 2.07. The number of carbonyl (C=O) groups excluding carboxylic acids is 1. The molecule has 0 atom stereocenters. The summed E-state index contributed by atoms with van der Waals surface area (Å²) in [6.45, 7) is 1.77. The van der Waals surface area contributed by atoms with E-state index in [0.29, 0.717) is 17.5 Å². The van der Waals surface area contributed by atoms with Crippen LogP contribution in [0.15, 0.2) is 36.4 Å². The third kappa shape index (κ3) is 2.96. The highest BCUT2D eigenvalue weighted by molar-refractivity contribution is 5.94. The summed E-state index contributed by atoms with van der Waals surface area (Å²) >= 11 is 0. The van der Waals surface area contributed by atoms with Crippen molar-refractivity contribution in [2.75, 3.05) is 0 Å². The molecule has 2 aromatic rings. The van der Waals surface area contributed by atoms with Gasteiger partial charge in [0.05, 0.1) is 0 Å². The van der Waals surface area contributed by atoms with E-state index in [1.807, 2.05) is 6.07 Å². The Morgan fingerprint density at radius 3 is 2.37 bits per heavy atom. The molecule has 0 aliphatic heterocycles. The molecule has 0 spiro atoms. The predicted molar refractivity (Wildman–Crippen MR) is 68.9 cm³/mol. The van der Waals surface area contributed by atoms with Gasteiger partial charge in [-0.25, -0.2) is 8.78 Å². The topological polar surface area (TPSA) is 43.1 Å². The lowest BCUT2D eigenvalue weighted by Crippen LogP contribution is -2.13. The number of rotatable bonds is 3. The Morgan fingerprint density at radius 2 is 1.79 bits per heavy atom. The molecule has 1 amide bonds. The van der Waals surface area contributed by atoms with E-state index in [1.54, 1.807) is 19.1 Å². The summed E-state index contributed by atoms with van der Waals surface area (Å²) < 4.78 is 26.2. The van der Waals surface area contributed by atoms with Crippen LogP contribution in [0.25, 0.3) is 0 Å². The molecule has 0 aromatic heterocycles. The van der Waals surface area contributed by atoms with Crippen LogP contribution in [0.1, 0.15) is 27.0 Å². The molecule has 19 heavy (non-hydrogen) atoms. The number of hydrogen-bond acceptors (Lipinski definition) is 1. The van der Waals surface area contributed by atoms with Gasteiger partial charge in [-0.1, -0.05) is 12.1 Å². The minimum Gasteiger partial charge on any atom is -0.366 e. The first kappa shape index (κ1) is 13.2. The molecule has 0 heterocycles. The van der Waals surface area contributed by atoms with Gasteiger partial charge in [-0.2, -0.15) is 0 Å². The van der Waals surface area contributed by atoms with E-state index < -0.39 is 17.5 Å². The van der Waals surface area contributed by atoms with Gasteiger partial charge in [-0.15, -0.1) is 0 Å². The average Bonchev–Trinajstić information content (AvgIpc) is 2.30. The highest BCUT2D eigenvalue weighted by atomic mass is 19.1. The van der Waals surface area contributed by atoms with Crippen molar-refractivity contribution in [3.63, 3.8) is 0 Å². The Kier molecular flexibility index (Phi) is 3.60. The highest BCUT2D eigenvalue weighted by Gasteiger charge is 2.09. The first-order valence-electron chi connectivity index (χ1n) is 5.80. The number of hydrogen-bond donors (Lipinski definition) is 1. The molecular formula is C15H13F2NO. The Morgan fingerprint density at radius 1 is 1.16 bits per heavy atom. The number of carbonyl (C=O) groups is 1. The molecule has 0 bridgehead atoms. The zero-order chi connectivity index (χ0) is 14.0. The van der Waals surface area contributed by atoms with E-state index in [9.17, 15) is 13.6 Å². The molecule has 98 valence electrons. The van der Waals surface area contributed by atoms with Crippen LogP contribution in [0.2, 0.25) is 0 Å². The van der Waals surface area contributed by atoms with Crippen LogP contribution in [0.3, 0.4) is 0 Å². The summed E-state index contributed by atoms with van der Waals surface area (Å²) in [6.07, 6.45) is 0.349. The van der Waals surface area contributed by atoms with E-state index in [1.165, 1.54) is 12.1 Å². The minimum absolute atomic E-state index is 0.349. The second-order valence-corrected chi connectivity index (χ2v) is 4.41. The molecule has 2 rings (SSSR count). The van der Waals surface area contributed by atoms with Crippen LogP contribution in [0.4, 0.5) is 8.78 Å². The lowest BCUT2D eigenvalue weighted by molar-refractivity contribution is 0.0999. The van der Waals surface area contributed by atoms with Gasteiger partial charge in [0.25, 0.3) is 0 Å². The maximum atomic E-state index is 13.1. The Hall–Kier alpha value is -2.23. The molecule has 0 aliphatic rings. The second-order valence-electron chi connectivity index (χ2n) is 4.41. The zero-order valence-electron chi connectivity index (χ0n) is 10.4. The molecule has 0 radical (unpaired) electrons. The number of nitrogens with two attached hydrogens (primary N) is 1. The van der Waals surface area contributed by atoms with Crippen LogP contribution in [0.5, 0.6) is 0 Å². The van der Waals surface area contributed by atoms with E-state index in [0.717, 1.165) is 17.2 Å². The van der Waals surface area contributed by atoms with Crippen molar-refractivity contribution < 1.29 is 13.6 Å². The molecule has 2 nitrogen and oxygen atoms in total. The SMILES string of the molecule is Cc1c(Cc2cc(F)cc(F)c2)cccc1C(N)=O. The minimum atomic E-state index is -0.612. The van der Waals surface area contributed by atoms with Crippen molar-refractivity contribution in [1.82, 2.24) is 0 Å². The van der Waals surface area contributed by atoms with Gasteiger partial charge in [0.15, 0.2) is 0 Å². The molecule has 0 saturated heterocycles. The van der Waals surface area contributed by atoms with Gasteiger partial charge in [-0.05, 0) is 48.2 Å². The van der Waals surface area contributed by atoms with Gasteiger partial charge in [-0.3, -0.25) is 4.79 Å². The van der Waals surface area contributed by atoms with Gasteiger partial charge in [0.2, 0.25) is 5.91 Å². The maximum absolute atomic E-state index is 13.1. The lowest BCUT2D eigenvalue weighted by Gasteiger charge is -2.09. The van der Waals surface area contributed by atoms with E-state index in [4.69, 9.17) is 5.73 Å². The normalized spacial score (nSPS) is 10.5. The number of amides is 1. The fourth-order valence-electron chi connectivity index (χ4n) is 2.07. The standard InChI is InChI=1S/C15H13F2NO/c1-9-11(3-2-4-14(9)15(18)19)5-10-6-12(16)8-13(17)7-10/h2-4,6-8H,5H2,1H3,(H2,18,19). The van der Waals surface area contributed by atoms with Crippen molar-refractivity contribution >= 4 is 5.91 Å². The summed E-state index contributed by atoms with van der Waals surface area (Å²) in [5, 5.41) is 0. The quantitative estimate of drug-likeness (QED) is 0.906. The number of benzene rings is 2. The van der Waals surface area contributed by atoms with Crippen LogP contribution >= 0.6 is 0 Å². The van der Waals surface area contributed by atoms with E-state index in [2.05, 4.69) is 0 Å². The predicted octanol–water partition coefficient (Wildman–Crippen LogP) is 2.96. The summed E-state index contributed by atoms with van der Waals surface area (Å²) in [5.74, 6) is -1.73. The molecule has 0 unspecified atom stereocenters. The average molecular weight is 261 g/mol. The van der Waals surface area contributed by atoms with Gasteiger partial charge in [0, 0.05) is 11.6 Å². The summed E-state index contributed by atoms with van der Waals surface area (Å²) in [4.78, 5) is 11.2. The summed E-state index contributed by atoms with van der Waals surface area (Å²) in [6, 6.07) is 8.53. The van der Waals surface area contributed by atoms with E-state index >= 15 is 0 Å². The van der Waals surface area contributed by atoms with Gasteiger partial charge < -0.3 is 5.73 Å². The molecule has 2 aromatic carbocycles. The smallest absolute Gasteiger partial charge is 0.248 e. The zero-order valence-corrected chi connectivity index (χ0v) is 10.4. The molecule has 4 heteroatoms. The summed E-state index contributed by atoms with van der Waals surface area (Å²) in [7, 11) is 0. The number of primary amides is 1. The first-order valence-corrected chi connectivity index (χ1v) is 5.80.